The molecule has 0 saturated heterocycles. The Hall–Kier alpha value is -1.65. The second-order valence-corrected chi connectivity index (χ2v) is 4.84. The molecule has 0 aliphatic heterocycles. The van der Waals surface area contributed by atoms with E-state index in [2.05, 4.69) is 28.3 Å². The van der Waals surface area contributed by atoms with Gasteiger partial charge >= 0.3 is 0 Å². The minimum absolute atomic E-state index is 0.791. The lowest BCUT2D eigenvalue weighted by atomic mass is 10.2. The van der Waals surface area contributed by atoms with Crippen LogP contribution in [0.1, 0.15) is 22.7 Å². The quantitative estimate of drug-likeness (QED) is 0.864. The van der Waals surface area contributed by atoms with Gasteiger partial charge in [-0.1, -0.05) is 6.07 Å². The molecule has 0 atom stereocenters. The fourth-order valence-electron chi connectivity index (χ4n) is 2.12. The minimum atomic E-state index is 0.791. The number of nitrogens with one attached hydrogen (secondary N) is 1. The van der Waals surface area contributed by atoms with Gasteiger partial charge in [-0.25, -0.2) is 0 Å². The molecule has 0 spiro atoms. The maximum absolute atomic E-state index is 5.55. The van der Waals surface area contributed by atoms with Crippen LogP contribution in [0.5, 0.6) is 0 Å². The molecule has 2 rings (SSSR count). The molecular weight excluding hydrogens is 238 g/mol. The molecule has 0 aromatic carbocycles. The van der Waals surface area contributed by atoms with Crippen molar-refractivity contribution in [1.29, 1.82) is 0 Å². The summed E-state index contributed by atoms with van der Waals surface area (Å²) in [5, 5.41) is 3.15. The average Bonchev–Trinajstić information content (AvgIpc) is 2.77. The van der Waals surface area contributed by atoms with Crippen LogP contribution in [0, 0.1) is 6.92 Å². The highest BCUT2D eigenvalue weighted by Gasteiger charge is 2.09. The van der Waals surface area contributed by atoms with E-state index in [9.17, 15) is 0 Å². The first-order valence-electron chi connectivity index (χ1n) is 6.50. The van der Waals surface area contributed by atoms with E-state index < -0.39 is 0 Å². The van der Waals surface area contributed by atoms with Crippen LogP contribution in [0.25, 0.3) is 0 Å². The van der Waals surface area contributed by atoms with Gasteiger partial charge in [0.05, 0.1) is 18.5 Å². The van der Waals surface area contributed by atoms with E-state index in [0.717, 1.165) is 36.8 Å². The van der Waals surface area contributed by atoms with Crippen LogP contribution in [-0.2, 0) is 19.6 Å². The van der Waals surface area contributed by atoms with Gasteiger partial charge in [-0.05, 0) is 39.2 Å². The first-order chi connectivity index (χ1) is 9.19. The summed E-state index contributed by atoms with van der Waals surface area (Å²) < 4.78 is 5.55. The Bertz CT molecular complexity index is 522. The molecule has 2 heterocycles. The highest BCUT2D eigenvalue weighted by Crippen LogP contribution is 2.13. The lowest BCUT2D eigenvalue weighted by Crippen LogP contribution is -2.19. The molecule has 0 radical (unpaired) electrons. The number of pyridine rings is 1. The predicted octanol–water partition coefficient (Wildman–Crippen LogP) is 2.33. The number of hydrogen-bond donors (Lipinski definition) is 1. The van der Waals surface area contributed by atoms with Crippen LogP contribution < -0.4 is 5.32 Å². The monoisotopic (exact) mass is 259 g/mol. The second-order valence-electron chi connectivity index (χ2n) is 4.84. The number of aryl methyl sites for hydroxylation is 1. The van der Waals surface area contributed by atoms with Crippen LogP contribution >= 0.6 is 0 Å². The SMILES string of the molecule is CNCc1ccoc1CN(C)Cc1cccc(C)n1. The molecule has 0 saturated carbocycles. The fraction of sp³-hybridized carbons (Fsp3) is 0.400. The lowest BCUT2D eigenvalue weighted by Gasteiger charge is -2.15. The van der Waals surface area contributed by atoms with Crippen molar-refractivity contribution < 1.29 is 4.42 Å². The summed E-state index contributed by atoms with van der Waals surface area (Å²) in [6.07, 6.45) is 1.75. The molecule has 4 nitrogen and oxygen atoms in total. The zero-order chi connectivity index (χ0) is 13.7. The molecule has 0 unspecified atom stereocenters. The molecule has 0 aliphatic carbocycles. The zero-order valence-electron chi connectivity index (χ0n) is 11.8. The van der Waals surface area contributed by atoms with Gasteiger partial charge in [0.2, 0.25) is 0 Å². The third-order valence-corrected chi connectivity index (χ3v) is 3.00. The van der Waals surface area contributed by atoms with Gasteiger partial charge in [0.1, 0.15) is 5.76 Å². The van der Waals surface area contributed by atoms with E-state index in [1.54, 1.807) is 6.26 Å². The van der Waals surface area contributed by atoms with Gasteiger partial charge in [0.15, 0.2) is 0 Å². The van der Waals surface area contributed by atoms with Crippen molar-refractivity contribution in [1.82, 2.24) is 15.2 Å². The standard InChI is InChI=1S/C15H21N3O/c1-12-5-4-6-14(17-12)10-18(3)11-15-13(9-16-2)7-8-19-15/h4-8,16H,9-11H2,1-3H3. The van der Waals surface area contributed by atoms with Crippen molar-refractivity contribution in [3.63, 3.8) is 0 Å². The molecule has 2 aromatic rings. The topological polar surface area (TPSA) is 41.3 Å². The van der Waals surface area contributed by atoms with Crippen LogP contribution in [0.2, 0.25) is 0 Å². The van der Waals surface area contributed by atoms with E-state index in [0.29, 0.717) is 0 Å². The number of furan rings is 1. The maximum Gasteiger partial charge on any atom is 0.122 e. The van der Waals surface area contributed by atoms with Crippen LogP contribution in [0.4, 0.5) is 0 Å². The fourth-order valence-corrected chi connectivity index (χ4v) is 2.12. The van der Waals surface area contributed by atoms with Gasteiger partial charge in [-0.3, -0.25) is 9.88 Å². The summed E-state index contributed by atoms with van der Waals surface area (Å²) in [5.74, 6) is 1.02. The molecule has 0 bridgehead atoms. The number of aromatic nitrogens is 1. The second kappa shape index (κ2) is 6.50. The summed E-state index contributed by atoms with van der Waals surface area (Å²) in [6, 6.07) is 8.14. The van der Waals surface area contributed by atoms with Gasteiger partial charge in [0, 0.05) is 24.3 Å². The molecule has 4 heteroatoms. The Kier molecular flexibility index (Phi) is 4.71. The Balaban J connectivity index is 1.97. The molecule has 19 heavy (non-hydrogen) atoms. The Morgan fingerprint density at radius 3 is 2.84 bits per heavy atom. The van der Waals surface area contributed by atoms with Crippen molar-refractivity contribution >= 4 is 0 Å². The van der Waals surface area contributed by atoms with Crippen molar-refractivity contribution in [3.8, 4) is 0 Å². The molecule has 2 aromatic heterocycles. The highest BCUT2D eigenvalue weighted by atomic mass is 16.3. The largest absolute Gasteiger partial charge is 0.468 e. The summed E-state index contributed by atoms with van der Waals surface area (Å²) in [7, 11) is 4.02. The molecule has 0 fully saturated rings. The molecule has 0 aliphatic rings. The summed E-state index contributed by atoms with van der Waals surface area (Å²) in [5.41, 5.74) is 3.36. The van der Waals surface area contributed by atoms with Crippen LogP contribution in [0.15, 0.2) is 34.9 Å². The zero-order valence-corrected chi connectivity index (χ0v) is 11.8. The summed E-state index contributed by atoms with van der Waals surface area (Å²) in [6.45, 7) is 4.46. The first-order valence-corrected chi connectivity index (χ1v) is 6.50. The predicted molar refractivity (Wildman–Crippen MR) is 75.6 cm³/mol. The van der Waals surface area contributed by atoms with Crippen molar-refractivity contribution in [2.45, 2.75) is 26.6 Å². The molecule has 102 valence electrons. The van der Waals surface area contributed by atoms with Gasteiger partial charge < -0.3 is 9.73 Å². The van der Waals surface area contributed by atoms with E-state index in [-0.39, 0.29) is 0 Å². The third kappa shape index (κ3) is 3.91. The Morgan fingerprint density at radius 2 is 2.11 bits per heavy atom. The van der Waals surface area contributed by atoms with E-state index >= 15 is 0 Å². The van der Waals surface area contributed by atoms with E-state index in [1.165, 1.54) is 5.56 Å². The first kappa shape index (κ1) is 13.8. The molecule has 0 amide bonds. The number of rotatable bonds is 6. The van der Waals surface area contributed by atoms with Gasteiger partial charge in [-0.2, -0.15) is 0 Å². The minimum Gasteiger partial charge on any atom is -0.468 e. The van der Waals surface area contributed by atoms with Gasteiger partial charge in [0.25, 0.3) is 0 Å². The summed E-state index contributed by atoms with van der Waals surface area (Å²) in [4.78, 5) is 6.72. The normalized spacial score (nSPS) is 11.2. The third-order valence-electron chi connectivity index (χ3n) is 3.00. The Morgan fingerprint density at radius 1 is 1.26 bits per heavy atom. The van der Waals surface area contributed by atoms with E-state index in [1.807, 2.05) is 32.2 Å². The number of nitrogens with zero attached hydrogens (tertiary/aromatic N) is 2. The highest BCUT2D eigenvalue weighted by molar-refractivity contribution is 5.17. The average molecular weight is 259 g/mol. The van der Waals surface area contributed by atoms with Crippen molar-refractivity contribution in [2.75, 3.05) is 14.1 Å². The molecule has 1 N–H and O–H groups in total. The Labute approximate surface area is 114 Å². The van der Waals surface area contributed by atoms with Crippen LogP contribution in [0.3, 0.4) is 0 Å². The maximum atomic E-state index is 5.55. The van der Waals surface area contributed by atoms with Crippen molar-refractivity contribution in [2.24, 2.45) is 0 Å². The van der Waals surface area contributed by atoms with Gasteiger partial charge in [-0.15, -0.1) is 0 Å². The van der Waals surface area contributed by atoms with E-state index in [4.69, 9.17) is 4.42 Å². The lowest BCUT2D eigenvalue weighted by molar-refractivity contribution is 0.283. The summed E-state index contributed by atoms with van der Waals surface area (Å²) >= 11 is 0. The molecular formula is C15H21N3O. The van der Waals surface area contributed by atoms with Crippen molar-refractivity contribution in [3.05, 3.63) is 53.2 Å². The number of hydrogen-bond acceptors (Lipinski definition) is 4. The van der Waals surface area contributed by atoms with Crippen LogP contribution in [-0.4, -0.2) is 24.0 Å². The smallest absolute Gasteiger partial charge is 0.122 e.